The maximum Gasteiger partial charge on any atom is 0.375 e. The third kappa shape index (κ3) is 7.12. The van der Waals surface area contributed by atoms with E-state index in [4.69, 9.17) is 4.74 Å². The summed E-state index contributed by atoms with van der Waals surface area (Å²) in [6.07, 6.45) is 4.19. The highest BCUT2D eigenvalue weighted by atomic mass is 79.9. The van der Waals surface area contributed by atoms with E-state index < -0.39 is 17.9 Å². The summed E-state index contributed by atoms with van der Waals surface area (Å²) in [5.41, 5.74) is 1.96. The van der Waals surface area contributed by atoms with E-state index in [9.17, 15) is 9.59 Å². The van der Waals surface area contributed by atoms with Crippen molar-refractivity contribution in [2.24, 2.45) is 0 Å². The van der Waals surface area contributed by atoms with Gasteiger partial charge in [-0.25, -0.2) is 4.79 Å². The van der Waals surface area contributed by atoms with Crippen LogP contribution in [0.2, 0.25) is 0 Å². The summed E-state index contributed by atoms with van der Waals surface area (Å²) >= 11 is 3.39. The molecule has 0 N–H and O–H groups in total. The molecule has 2 aromatic carbocycles. The zero-order valence-electron chi connectivity index (χ0n) is 14.9. The predicted molar refractivity (Wildman–Crippen MR) is 107 cm³/mol. The number of hydrogen-bond donors (Lipinski definition) is 0. The fraction of sp³-hybridized carbons (Fsp3) is 0.364. The molecule has 0 radical (unpaired) electrons. The molecular formula is C22H25BrO3. The van der Waals surface area contributed by atoms with Crippen molar-refractivity contribution >= 4 is 27.7 Å². The summed E-state index contributed by atoms with van der Waals surface area (Å²) in [6, 6.07) is 19.4. The lowest BCUT2D eigenvalue weighted by atomic mass is 10.0. The van der Waals surface area contributed by atoms with E-state index in [-0.39, 0.29) is 6.42 Å². The molecule has 0 fully saturated rings. The van der Waals surface area contributed by atoms with Gasteiger partial charge in [-0.3, -0.25) is 4.79 Å². The number of carbonyl (C=O) groups excluding carboxylic acids is 2. The largest absolute Gasteiger partial charge is 0.451 e. The second-order valence-corrected chi connectivity index (χ2v) is 7.06. The van der Waals surface area contributed by atoms with Crippen molar-refractivity contribution in [3.05, 3.63) is 71.8 Å². The van der Waals surface area contributed by atoms with Gasteiger partial charge >= 0.3 is 5.97 Å². The maximum atomic E-state index is 12.3. The molecular weight excluding hydrogens is 392 g/mol. The topological polar surface area (TPSA) is 43.4 Å². The van der Waals surface area contributed by atoms with Crippen LogP contribution in [0, 0.1) is 0 Å². The molecule has 26 heavy (non-hydrogen) atoms. The molecule has 0 aliphatic carbocycles. The molecule has 0 bridgehead atoms. The smallest absolute Gasteiger partial charge is 0.375 e. The van der Waals surface area contributed by atoms with Crippen molar-refractivity contribution in [1.82, 2.24) is 0 Å². The molecule has 0 saturated heterocycles. The van der Waals surface area contributed by atoms with Gasteiger partial charge in [-0.05, 0) is 24.0 Å². The monoisotopic (exact) mass is 416 g/mol. The number of unbranched alkanes of at least 4 members (excludes halogenated alkanes) is 3. The Balaban J connectivity index is 1.95. The summed E-state index contributed by atoms with van der Waals surface area (Å²) < 4.78 is 5.58. The van der Waals surface area contributed by atoms with Crippen molar-refractivity contribution < 1.29 is 14.3 Å². The lowest BCUT2D eigenvalue weighted by molar-refractivity contribution is -0.158. The number of esters is 1. The molecule has 0 saturated carbocycles. The van der Waals surface area contributed by atoms with Crippen molar-refractivity contribution in [2.45, 2.75) is 44.6 Å². The molecule has 0 aliphatic rings. The van der Waals surface area contributed by atoms with Crippen LogP contribution in [-0.4, -0.2) is 17.1 Å². The minimum Gasteiger partial charge on any atom is -0.451 e. The number of carbonyl (C=O) groups is 2. The summed E-state index contributed by atoms with van der Waals surface area (Å²) in [5, 5.41) is 0.973. The van der Waals surface area contributed by atoms with E-state index in [2.05, 4.69) is 15.9 Å². The Morgan fingerprint density at radius 3 is 2.12 bits per heavy atom. The van der Waals surface area contributed by atoms with E-state index in [1.54, 1.807) is 0 Å². The minimum absolute atomic E-state index is 0.258. The summed E-state index contributed by atoms with van der Waals surface area (Å²) in [7, 11) is 0. The Bertz CT molecular complexity index is 670. The van der Waals surface area contributed by atoms with Crippen LogP contribution >= 0.6 is 15.9 Å². The van der Waals surface area contributed by atoms with Crippen LogP contribution in [0.15, 0.2) is 60.7 Å². The minimum atomic E-state index is -0.727. The van der Waals surface area contributed by atoms with Gasteiger partial charge in [-0.2, -0.15) is 0 Å². The number of benzene rings is 2. The van der Waals surface area contributed by atoms with Gasteiger partial charge in [-0.1, -0.05) is 89.4 Å². The number of hydrogen-bond acceptors (Lipinski definition) is 3. The number of ketones is 1. The molecule has 0 amide bonds. The van der Waals surface area contributed by atoms with Crippen LogP contribution in [0.3, 0.4) is 0 Å². The highest BCUT2D eigenvalue weighted by Gasteiger charge is 2.22. The SMILES string of the molecule is O=C(CCCCCCBr)C(=O)OC(Cc1ccccc1)c1ccccc1. The predicted octanol–water partition coefficient (Wildman–Crippen LogP) is 5.43. The quantitative estimate of drug-likeness (QED) is 0.212. The molecule has 0 spiro atoms. The first-order chi connectivity index (χ1) is 12.7. The van der Waals surface area contributed by atoms with Crippen molar-refractivity contribution in [3.8, 4) is 0 Å². The molecule has 138 valence electrons. The number of halogens is 1. The van der Waals surface area contributed by atoms with Gasteiger partial charge in [0.05, 0.1) is 0 Å². The van der Waals surface area contributed by atoms with Crippen molar-refractivity contribution in [2.75, 3.05) is 5.33 Å². The molecule has 0 aliphatic heterocycles. The average Bonchev–Trinajstić information content (AvgIpc) is 2.68. The van der Waals surface area contributed by atoms with E-state index in [1.807, 2.05) is 60.7 Å². The fourth-order valence-electron chi connectivity index (χ4n) is 2.75. The van der Waals surface area contributed by atoms with Gasteiger partial charge in [0.15, 0.2) is 0 Å². The lowest BCUT2D eigenvalue weighted by Gasteiger charge is -2.18. The number of rotatable bonds is 11. The first-order valence-corrected chi connectivity index (χ1v) is 10.2. The summed E-state index contributed by atoms with van der Waals surface area (Å²) in [5.74, 6) is -1.16. The van der Waals surface area contributed by atoms with E-state index >= 15 is 0 Å². The van der Waals surface area contributed by atoms with E-state index in [0.717, 1.165) is 42.1 Å². The van der Waals surface area contributed by atoms with Crippen LogP contribution in [0.25, 0.3) is 0 Å². The molecule has 4 heteroatoms. The van der Waals surface area contributed by atoms with Gasteiger partial charge in [0.25, 0.3) is 0 Å². The van der Waals surface area contributed by atoms with E-state index in [1.165, 1.54) is 0 Å². The van der Waals surface area contributed by atoms with Crippen LogP contribution in [0.1, 0.15) is 49.3 Å². The first-order valence-electron chi connectivity index (χ1n) is 9.09. The number of ether oxygens (including phenoxy) is 1. The molecule has 0 heterocycles. The highest BCUT2D eigenvalue weighted by molar-refractivity contribution is 9.09. The van der Waals surface area contributed by atoms with Crippen molar-refractivity contribution in [1.29, 1.82) is 0 Å². The standard InChI is InChI=1S/C22H25BrO3/c23-16-10-2-1-9-15-20(24)22(25)26-21(19-13-7-4-8-14-19)17-18-11-5-3-6-12-18/h3-8,11-14,21H,1-2,9-10,15-17H2. The summed E-state index contributed by atoms with van der Waals surface area (Å²) in [4.78, 5) is 24.4. The van der Waals surface area contributed by atoms with Gasteiger partial charge in [-0.15, -0.1) is 0 Å². The first kappa shape index (κ1) is 20.4. The van der Waals surface area contributed by atoms with Gasteiger partial charge < -0.3 is 4.74 Å². The van der Waals surface area contributed by atoms with Gasteiger partial charge in [0.1, 0.15) is 6.10 Å². The Morgan fingerprint density at radius 2 is 1.46 bits per heavy atom. The number of alkyl halides is 1. The fourth-order valence-corrected chi connectivity index (χ4v) is 3.15. The normalized spacial score (nSPS) is 11.7. The second kappa shape index (κ2) is 11.6. The zero-order valence-corrected chi connectivity index (χ0v) is 16.5. The lowest BCUT2D eigenvalue weighted by Crippen LogP contribution is -2.21. The third-order valence-corrected chi connectivity index (χ3v) is 4.76. The van der Waals surface area contributed by atoms with Gasteiger partial charge in [0, 0.05) is 18.2 Å². The third-order valence-electron chi connectivity index (χ3n) is 4.20. The molecule has 0 aromatic heterocycles. The Labute approximate surface area is 163 Å². The molecule has 1 unspecified atom stereocenters. The molecule has 2 aromatic rings. The Hall–Kier alpha value is -1.94. The second-order valence-electron chi connectivity index (χ2n) is 6.27. The van der Waals surface area contributed by atoms with Crippen LogP contribution in [-0.2, 0) is 20.7 Å². The summed E-state index contributed by atoms with van der Waals surface area (Å²) in [6.45, 7) is 0. The van der Waals surface area contributed by atoms with E-state index in [0.29, 0.717) is 6.42 Å². The van der Waals surface area contributed by atoms with Crippen molar-refractivity contribution in [3.63, 3.8) is 0 Å². The molecule has 2 rings (SSSR count). The highest BCUT2D eigenvalue weighted by Crippen LogP contribution is 2.23. The average molecular weight is 417 g/mol. The molecule has 1 atom stereocenters. The Kier molecular flexibility index (Phi) is 9.11. The van der Waals surface area contributed by atoms with Crippen LogP contribution < -0.4 is 0 Å². The maximum absolute atomic E-state index is 12.3. The number of Topliss-reactive ketones (excluding diaryl/α,β-unsaturated/α-hetero) is 1. The van der Waals surface area contributed by atoms with Gasteiger partial charge in [0.2, 0.25) is 5.78 Å². The zero-order chi connectivity index (χ0) is 18.6. The van der Waals surface area contributed by atoms with Crippen LogP contribution in [0.4, 0.5) is 0 Å². The van der Waals surface area contributed by atoms with Crippen LogP contribution in [0.5, 0.6) is 0 Å². The Morgan fingerprint density at radius 1 is 0.846 bits per heavy atom. The molecule has 3 nitrogen and oxygen atoms in total.